The van der Waals surface area contributed by atoms with E-state index in [0.717, 1.165) is 28.2 Å². The molecule has 4 rings (SSSR count). The number of hydrogen-bond acceptors (Lipinski definition) is 5. The minimum Gasteiger partial charge on any atom is -0.291 e. The van der Waals surface area contributed by atoms with Gasteiger partial charge in [-0.2, -0.15) is 5.26 Å². The van der Waals surface area contributed by atoms with Crippen LogP contribution in [0.1, 0.15) is 0 Å². The van der Waals surface area contributed by atoms with Gasteiger partial charge in [0.2, 0.25) is 0 Å². The van der Waals surface area contributed by atoms with Crippen molar-refractivity contribution < 1.29 is 22.0 Å². The SMILES string of the molecule is CS(=O)(=O)c1ccc2cncc(N3C(=O)N(c4cc(F)cc(F)c4)C[C@@H]3C#N)c2c1. The van der Waals surface area contributed by atoms with Gasteiger partial charge in [-0.05, 0) is 24.3 Å². The maximum atomic E-state index is 13.6. The second-order valence-electron chi connectivity index (χ2n) is 6.85. The first kappa shape index (κ1) is 19.7. The zero-order valence-electron chi connectivity index (χ0n) is 15.6. The van der Waals surface area contributed by atoms with Crippen molar-refractivity contribution in [3.05, 3.63) is 60.4 Å². The van der Waals surface area contributed by atoms with Gasteiger partial charge >= 0.3 is 6.03 Å². The number of carbonyl (C=O) groups is 1. The van der Waals surface area contributed by atoms with Crippen LogP contribution >= 0.6 is 0 Å². The second-order valence-corrected chi connectivity index (χ2v) is 8.87. The molecule has 7 nitrogen and oxygen atoms in total. The first-order valence-electron chi connectivity index (χ1n) is 8.73. The van der Waals surface area contributed by atoms with E-state index in [-0.39, 0.29) is 22.8 Å². The van der Waals surface area contributed by atoms with Crippen molar-refractivity contribution >= 4 is 38.0 Å². The smallest absolute Gasteiger partial charge is 0.291 e. The summed E-state index contributed by atoms with van der Waals surface area (Å²) in [5, 5.41) is 10.6. The number of aromatic nitrogens is 1. The zero-order chi connectivity index (χ0) is 21.6. The fourth-order valence-electron chi connectivity index (χ4n) is 3.43. The van der Waals surface area contributed by atoms with E-state index in [1.54, 1.807) is 6.07 Å². The highest BCUT2D eigenvalue weighted by molar-refractivity contribution is 7.90. The molecule has 2 aromatic carbocycles. The number of anilines is 2. The van der Waals surface area contributed by atoms with Gasteiger partial charge in [-0.25, -0.2) is 22.0 Å². The lowest BCUT2D eigenvalue weighted by Gasteiger charge is -2.21. The van der Waals surface area contributed by atoms with E-state index < -0.39 is 33.5 Å². The van der Waals surface area contributed by atoms with Crippen molar-refractivity contribution in [3.8, 4) is 6.07 Å². The largest absolute Gasteiger partial charge is 0.330 e. The molecule has 1 atom stereocenters. The van der Waals surface area contributed by atoms with E-state index in [4.69, 9.17) is 0 Å². The third-order valence-corrected chi connectivity index (χ3v) is 5.92. The van der Waals surface area contributed by atoms with Gasteiger partial charge < -0.3 is 0 Å². The number of halogens is 2. The average molecular weight is 428 g/mol. The molecule has 30 heavy (non-hydrogen) atoms. The summed E-state index contributed by atoms with van der Waals surface area (Å²) in [6.07, 6.45) is 3.92. The Kier molecular flexibility index (Phi) is 4.63. The minimum absolute atomic E-state index is 0.0229. The van der Waals surface area contributed by atoms with Crippen LogP contribution in [0.2, 0.25) is 0 Å². The van der Waals surface area contributed by atoms with E-state index in [9.17, 15) is 27.3 Å². The summed E-state index contributed by atoms with van der Waals surface area (Å²) >= 11 is 0. The van der Waals surface area contributed by atoms with Crippen LogP contribution in [0.25, 0.3) is 10.8 Å². The Morgan fingerprint density at radius 1 is 1.13 bits per heavy atom. The van der Waals surface area contributed by atoms with Crippen LogP contribution in [0, 0.1) is 23.0 Å². The Morgan fingerprint density at radius 2 is 1.83 bits per heavy atom. The molecule has 1 aliphatic rings. The van der Waals surface area contributed by atoms with Crippen LogP contribution in [-0.2, 0) is 9.84 Å². The number of carbonyl (C=O) groups excluding carboxylic acids is 1. The number of urea groups is 1. The lowest BCUT2D eigenvalue weighted by molar-refractivity contribution is 0.255. The number of hydrogen-bond donors (Lipinski definition) is 0. The maximum absolute atomic E-state index is 13.6. The van der Waals surface area contributed by atoms with Crippen molar-refractivity contribution in [1.82, 2.24) is 4.98 Å². The van der Waals surface area contributed by atoms with Gasteiger partial charge in [0.05, 0.1) is 35.1 Å². The lowest BCUT2D eigenvalue weighted by atomic mass is 10.1. The van der Waals surface area contributed by atoms with Gasteiger partial charge in [-0.1, -0.05) is 6.07 Å². The Bertz CT molecular complexity index is 1320. The molecule has 2 heterocycles. The van der Waals surface area contributed by atoms with Gasteiger partial charge in [0.15, 0.2) is 9.84 Å². The van der Waals surface area contributed by atoms with E-state index in [1.165, 1.54) is 24.5 Å². The van der Waals surface area contributed by atoms with Gasteiger partial charge in [0, 0.05) is 29.3 Å². The van der Waals surface area contributed by atoms with Crippen LogP contribution in [0.5, 0.6) is 0 Å². The Morgan fingerprint density at radius 3 is 2.47 bits per heavy atom. The molecule has 1 aromatic heterocycles. The summed E-state index contributed by atoms with van der Waals surface area (Å²) < 4.78 is 51.2. The van der Waals surface area contributed by atoms with Crippen LogP contribution < -0.4 is 9.80 Å². The van der Waals surface area contributed by atoms with Gasteiger partial charge in [-0.15, -0.1) is 0 Å². The Labute approximate surface area is 170 Å². The zero-order valence-corrected chi connectivity index (χ0v) is 16.4. The summed E-state index contributed by atoms with van der Waals surface area (Å²) in [6.45, 7) is -0.125. The summed E-state index contributed by atoms with van der Waals surface area (Å²) in [7, 11) is -3.51. The standard InChI is InChI=1S/C20H14F2N4O3S/c1-30(28,29)17-3-2-12-9-24-10-19(18(12)7-17)26-16(8-23)11-25(20(26)27)15-5-13(21)4-14(22)6-15/h2-7,9-10,16H,11H2,1H3/t16-/m0/s1. The molecule has 1 fully saturated rings. The average Bonchev–Trinajstić information content (AvgIpc) is 3.02. The number of pyridine rings is 1. The molecule has 0 spiro atoms. The molecule has 3 aromatic rings. The van der Waals surface area contributed by atoms with Crippen LogP contribution in [0.15, 0.2) is 53.7 Å². The number of fused-ring (bicyclic) bond motifs is 1. The van der Waals surface area contributed by atoms with Crippen LogP contribution in [0.4, 0.5) is 25.0 Å². The van der Waals surface area contributed by atoms with Crippen molar-refractivity contribution in [2.75, 3.05) is 22.6 Å². The molecule has 2 amide bonds. The minimum atomic E-state index is -3.51. The summed E-state index contributed by atoms with van der Waals surface area (Å²) in [5.74, 6) is -1.70. The van der Waals surface area contributed by atoms with Gasteiger partial charge in [0.1, 0.15) is 17.7 Å². The number of rotatable bonds is 3. The Hall–Kier alpha value is -3.58. The molecule has 0 radical (unpaired) electrons. The van der Waals surface area contributed by atoms with E-state index >= 15 is 0 Å². The van der Waals surface area contributed by atoms with Crippen molar-refractivity contribution in [1.29, 1.82) is 5.26 Å². The molecule has 1 aliphatic heterocycles. The number of sulfone groups is 1. The highest BCUT2D eigenvalue weighted by atomic mass is 32.2. The fraction of sp³-hybridized carbons (Fsp3) is 0.150. The Balaban J connectivity index is 1.86. The highest BCUT2D eigenvalue weighted by Crippen LogP contribution is 2.34. The lowest BCUT2D eigenvalue weighted by Crippen LogP contribution is -2.34. The highest BCUT2D eigenvalue weighted by Gasteiger charge is 2.40. The van der Waals surface area contributed by atoms with E-state index in [2.05, 4.69) is 4.98 Å². The topological polar surface area (TPSA) is 94.4 Å². The van der Waals surface area contributed by atoms with E-state index in [0.29, 0.717) is 16.8 Å². The van der Waals surface area contributed by atoms with Crippen molar-refractivity contribution in [2.45, 2.75) is 10.9 Å². The molecule has 152 valence electrons. The summed E-state index contributed by atoms with van der Waals surface area (Å²) in [6, 6.07) is 7.45. The predicted molar refractivity (Wildman–Crippen MR) is 106 cm³/mol. The maximum Gasteiger partial charge on any atom is 0.330 e. The third-order valence-electron chi connectivity index (χ3n) is 4.81. The molecule has 1 saturated heterocycles. The number of nitrogens with zero attached hydrogens (tertiary/aromatic N) is 4. The molecule has 0 N–H and O–H groups in total. The second kappa shape index (κ2) is 7.03. The van der Waals surface area contributed by atoms with Crippen LogP contribution in [-0.4, -0.2) is 38.3 Å². The van der Waals surface area contributed by atoms with Gasteiger partial charge in [0.25, 0.3) is 0 Å². The number of nitriles is 1. The number of benzene rings is 2. The first-order chi connectivity index (χ1) is 14.2. The third kappa shape index (κ3) is 3.33. The van der Waals surface area contributed by atoms with Gasteiger partial charge in [-0.3, -0.25) is 14.8 Å². The first-order valence-corrected chi connectivity index (χ1v) is 10.6. The molecule has 0 unspecified atom stereocenters. The number of amides is 2. The predicted octanol–water partition coefficient (Wildman–Crippen LogP) is 3.26. The van der Waals surface area contributed by atoms with Crippen molar-refractivity contribution in [3.63, 3.8) is 0 Å². The fourth-order valence-corrected chi connectivity index (χ4v) is 4.07. The molecule has 0 saturated carbocycles. The summed E-state index contributed by atoms with van der Waals surface area (Å²) in [4.78, 5) is 19.5. The summed E-state index contributed by atoms with van der Waals surface area (Å²) in [5.41, 5.74) is 0.208. The molecular formula is C20H14F2N4O3S. The van der Waals surface area contributed by atoms with Crippen LogP contribution in [0.3, 0.4) is 0 Å². The monoisotopic (exact) mass is 428 g/mol. The van der Waals surface area contributed by atoms with E-state index in [1.807, 2.05) is 6.07 Å². The van der Waals surface area contributed by atoms with Crippen molar-refractivity contribution in [2.24, 2.45) is 0 Å². The quantitative estimate of drug-likeness (QED) is 0.638. The molecule has 0 aliphatic carbocycles. The molecular weight excluding hydrogens is 414 g/mol. The molecule has 0 bridgehead atoms. The molecule has 10 heteroatoms. The normalized spacial score (nSPS) is 16.9.